The van der Waals surface area contributed by atoms with Gasteiger partial charge >= 0.3 is 0 Å². The zero-order chi connectivity index (χ0) is 9.14. The molecule has 0 radical (unpaired) electrons. The largest absolute Gasteiger partial charge is 0.387 e. The molecule has 0 saturated carbocycles. The summed E-state index contributed by atoms with van der Waals surface area (Å²) in [5, 5.41) is 9.47. The predicted molar refractivity (Wildman–Crippen MR) is 54.6 cm³/mol. The van der Waals surface area contributed by atoms with Crippen molar-refractivity contribution in [3.8, 4) is 0 Å². The first-order valence-corrected chi connectivity index (χ1v) is 4.98. The molecular weight excluding hydrogens is 239 g/mol. The SMILES string of the molecule is Cc1ccc(Br)c(C(O)CCl)c1. The Hall–Kier alpha value is -0.0500. The van der Waals surface area contributed by atoms with Gasteiger partial charge in [-0.15, -0.1) is 11.6 Å². The first kappa shape index (κ1) is 10.0. The van der Waals surface area contributed by atoms with Gasteiger partial charge in [0.05, 0.1) is 12.0 Å². The Kier molecular flexibility index (Phi) is 3.56. The molecule has 0 aliphatic rings. The molecule has 0 saturated heterocycles. The van der Waals surface area contributed by atoms with Crippen molar-refractivity contribution >= 4 is 27.5 Å². The molecule has 0 bridgehead atoms. The lowest BCUT2D eigenvalue weighted by atomic mass is 10.1. The third kappa shape index (κ3) is 2.22. The molecule has 0 fully saturated rings. The van der Waals surface area contributed by atoms with Crippen LogP contribution < -0.4 is 0 Å². The Balaban J connectivity index is 3.04. The minimum absolute atomic E-state index is 0.224. The van der Waals surface area contributed by atoms with Crippen molar-refractivity contribution in [2.45, 2.75) is 13.0 Å². The highest BCUT2D eigenvalue weighted by Gasteiger charge is 2.09. The maximum absolute atomic E-state index is 9.47. The van der Waals surface area contributed by atoms with Crippen LogP contribution in [0.2, 0.25) is 0 Å². The summed E-state index contributed by atoms with van der Waals surface area (Å²) in [4.78, 5) is 0. The fourth-order valence-corrected chi connectivity index (χ4v) is 1.68. The number of aliphatic hydroxyl groups excluding tert-OH is 1. The van der Waals surface area contributed by atoms with Crippen molar-refractivity contribution in [3.63, 3.8) is 0 Å². The van der Waals surface area contributed by atoms with E-state index in [9.17, 15) is 5.11 Å². The van der Waals surface area contributed by atoms with Crippen molar-refractivity contribution in [1.29, 1.82) is 0 Å². The topological polar surface area (TPSA) is 20.2 Å². The number of aryl methyl sites for hydroxylation is 1. The molecule has 1 aromatic rings. The highest BCUT2D eigenvalue weighted by atomic mass is 79.9. The van der Waals surface area contributed by atoms with Crippen LogP contribution >= 0.6 is 27.5 Å². The molecule has 1 nitrogen and oxygen atoms in total. The number of aliphatic hydroxyl groups is 1. The van der Waals surface area contributed by atoms with Crippen LogP contribution in [0.25, 0.3) is 0 Å². The molecule has 66 valence electrons. The van der Waals surface area contributed by atoms with Crippen LogP contribution in [-0.4, -0.2) is 11.0 Å². The van der Waals surface area contributed by atoms with Crippen LogP contribution in [0.5, 0.6) is 0 Å². The van der Waals surface area contributed by atoms with E-state index >= 15 is 0 Å². The molecule has 0 heterocycles. The average molecular weight is 250 g/mol. The van der Waals surface area contributed by atoms with E-state index in [1.807, 2.05) is 25.1 Å². The Morgan fingerprint density at radius 3 is 2.83 bits per heavy atom. The summed E-state index contributed by atoms with van der Waals surface area (Å²) in [6.07, 6.45) is -0.582. The quantitative estimate of drug-likeness (QED) is 0.799. The van der Waals surface area contributed by atoms with Crippen LogP contribution in [0.1, 0.15) is 17.2 Å². The third-order valence-electron chi connectivity index (χ3n) is 1.66. The van der Waals surface area contributed by atoms with E-state index in [1.165, 1.54) is 0 Å². The van der Waals surface area contributed by atoms with E-state index in [-0.39, 0.29) is 5.88 Å². The van der Waals surface area contributed by atoms with Crippen LogP contribution in [0, 0.1) is 6.92 Å². The lowest BCUT2D eigenvalue weighted by Gasteiger charge is -2.09. The number of halogens is 2. The summed E-state index contributed by atoms with van der Waals surface area (Å²) in [5.74, 6) is 0.224. The zero-order valence-corrected chi connectivity index (χ0v) is 9.06. The minimum atomic E-state index is -0.582. The molecule has 0 aliphatic heterocycles. The maximum atomic E-state index is 9.47. The maximum Gasteiger partial charge on any atom is 0.0936 e. The lowest BCUT2D eigenvalue weighted by molar-refractivity contribution is 0.202. The second-order valence-electron chi connectivity index (χ2n) is 2.70. The van der Waals surface area contributed by atoms with Gasteiger partial charge in [-0.05, 0) is 18.6 Å². The molecule has 0 aromatic heterocycles. The number of hydrogen-bond acceptors (Lipinski definition) is 1. The summed E-state index contributed by atoms with van der Waals surface area (Å²) in [7, 11) is 0. The normalized spacial score (nSPS) is 13.0. The van der Waals surface area contributed by atoms with Crippen molar-refractivity contribution in [3.05, 3.63) is 33.8 Å². The fourth-order valence-electron chi connectivity index (χ4n) is 1.00. The first-order valence-electron chi connectivity index (χ1n) is 3.65. The zero-order valence-electron chi connectivity index (χ0n) is 6.72. The Labute approximate surface area is 85.5 Å². The van der Waals surface area contributed by atoms with Gasteiger partial charge in [-0.1, -0.05) is 33.6 Å². The van der Waals surface area contributed by atoms with Gasteiger partial charge in [-0.3, -0.25) is 0 Å². The Bertz CT molecular complexity index is 275. The summed E-state index contributed by atoms with van der Waals surface area (Å²) in [6.45, 7) is 1.98. The van der Waals surface area contributed by atoms with E-state index in [0.29, 0.717) is 0 Å². The van der Waals surface area contributed by atoms with Gasteiger partial charge in [-0.2, -0.15) is 0 Å². The second-order valence-corrected chi connectivity index (χ2v) is 3.86. The van der Waals surface area contributed by atoms with Crippen LogP contribution in [0.15, 0.2) is 22.7 Å². The molecule has 0 amide bonds. The van der Waals surface area contributed by atoms with E-state index < -0.39 is 6.10 Å². The van der Waals surface area contributed by atoms with Gasteiger partial charge < -0.3 is 5.11 Å². The van der Waals surface area contributed by atoms with Crippen LogP contribution in [0.4, 0.5) is 0 Å². The highest BCUT2D eigenvalue weighted by molar-refractivity contribution is 9.10. The van der Waals surface area contributed by atoms with Crippen molar-refractivity contribution < 1.29 is 5.11 Å². The molecule has 1 rings (SSSR count). The summed E-state index contributed by atoms with van der Waals surface area (Å²) in [6, 6.07) is 5.83. The molecule has 12 heavy (non-hydrogen) atoms. The Morgan fingerprint density at radius 1 is 1.58 bits per heavy atom. The van der Waals surface area contributed by atoms with Gasteiger partial charge in [0, 0.05) is 4.47 Å². The Morgan fingerprint density at radius 2 is 2.25 bits per heavy atom. The van der Waals surface area contributed by atoms with Gasteiger partial charge in [0.2, 0.25) is 0 Å². The molecule has 1 atom stereocenters. The van der Waals surface area contributed by atoms with Gasteiger partial charge in [-0.25, -0.2) is 0 Å². The monoisotopic (exact) mass is 248 g/mol. The molecule has 0 aliphatic carbocycles. The van der Waals surface area contributed by atoms with E-state index in [4.69, 9.17) is 11.6 Å². The van der Waals surface area contributed by atoms with E-state index in [1.54, 1.807) is 0 Å². The number of hydrogen-bond donors (Lipinski definition) is 1. The van der Waals surface area contributed by atoms with Gasteiger partial charge in [0.25, 0.3) is 0 Å². The van der Waals surface area contributed by atoms with Crippen molar-refractivity contribution in [1.82, 2.24) is 0 Å². The average Bonchev–Trinajstić information content (AvgIpc) is 2.08. The highest BCUT2D eigenvalue weighted by Crippen LogP contribution is 2.25. The molecule has 1 aromatic carbocycles. The number of alkyl halides is 1. The summed E-state index contributed by atoms with van der Waals surface area (Å²) < 4.78 is 0.904. The standard InChI is InChI=1S/C9H10BrClO/c1-6-2-3-8(10)7(4-6)9(12)5-11/h2-4,9,12H,5H2,1H3. The third-order valence-corrected chi connectivity index (χ3v) is 2.67. The molecule has 1 unspecified atom stereocenters. The number of benzene rings is 1. The number of rotatable bonds is 2. The van der Waals surface area contributed by atoms with E-state index in [2.05, 4.69) is 15.9 Å². The molecule has 3 heteroatoms. The van der Waals surface area contributed by atoms with Gasteiger partial charge in [0.15, 0.2) is 0 Å². The fraction of sp³-hybridized carbons (Fsp3) is 0.333. The van der Waals surface area contributed by atoms with Crippen LogP contribution in [0.3, 0.4) is 0 Å². The summed E-state index contributed by atoms with van der Waals surface area (Å²) in [5.41, 5.74) is 1.97. The van der Waals surface area contributed by atoms with Crippen molar-refractivity contribution in [2.75, 3.05) is 5.88 Å². The molecule has 1 N–H and O–H groups in total. The van der Waals surface area contributed by atoms with Crippen molar-refractivity contribution in [2.24, 2.45) is 0 Å². The first-order chi connectivity index (χ1) is 5.65. The second kappa shape index (κ2) is 4.26. The molecule has 0 spiro atoms. The predicted octanol–water partition coefficient (Wildman–Crippen LogP) is 3.03. The minimum Gasteiger partial charge on any atom is -0.387 e. The van der Waals surface area contributed by atoms with Crippen LogP contribution in [-0.2, 0) is 0 Å². The smallest absolute Gasteiger partial charge is 0.0936 e. The molecular formula is C9H10BrClO. The lowest BCUT2D eigenvalue weighted by Crippen LogP contribution is -1.99. The van der Waals surface area contributed by atoms with Gasteiger partial charge in [0.1, 0.15) is 0 Å². The van der Waals surface area contributed by atoms with E-state index in [0.717, 1.165) is 15.6 Å². The summed E-state index contributed by atoms with van der Waals surface area (Å²) >= 11 is 8.89.